The van der Waals surface area contributed by atoms with E-state index in [1.165, 1.54) is 35.2 Å². The number of likely N-dealkylation sites (tertiary alicyclic amines) is 1. The van der Waals surface area contributed by atoms with E-state index < -0.39 is 108 Å². The lowest BCUT2D eigenvalue weighted by atomic mass is 9.85. The van der Waals surface area contributed by atoms with Crippen LogP contribution in [0.2, 0.25) is 0 Å². The number of imide groups is 2. The molecule has 0 aliphatic carbocycles. The first kappa shape index (κ1) is 51.6. The second-order valence-corrected chi connectivity index (χ2v) is 21.5. The van der Waals surface area contributed by atoms with E-state index >= 15 is 0 Å². The number of hydrogen-bond donors (Lipinski definition) is 5. The molecule has 23 heteroatoms. The van der Waals surface area contributed by atoms with Gasteiger partial charge in [-0.25, -0.2) is 0 Å². The Balaban J connectivity index is 0.942. The molecule has 3 aromatic carbocycles. The molecule has 1 aromatic heterocycles. The standard InChI is InChI=1S/C49H49F2N6O13PS/c1-48(2,3)41(54-43(61)38-22-29-21-30(12-15-37(29)72-38)49(50,51)71(66,67)68)47(65)56-24-31(23-35(56)46(64)55-18-19-69-36(25-55)28-9-5-4-6-10-28)70-26-40(59)52-17-7-8-27-11-13-32-33(20-27)45(63)57(44(32)62)34-14-16-39(58)53-42(34)60/h4-6,9-13,15,20-22,31,34-36,41H,14,16-19,23-26H2,1-3H3,(H,52,59)(H,54,61)(H,53,58,60)(H2,66,67,68)/t31-,34?,35-,36-,41+/m0/s1. The maximum absolute atomic E-state index is 14.8. The highest BCUT2D eigenvalue weighted by molar-refractivity contribution is 7.52. The van der Waals surface area contributed by atoms with Crippen molar-refractivity contribution in [3.05, 3.63) is 105 Å². The summed E-state index contributed by atoms with van der Waals surface area (Å²) in [5, 5.41) is 7.66. The quantitative estimate of drug-likeness (QED) is 0.0776. The smallest absolute Gasteiger partial charge is 0.370 e. The number of ether oxygens (including phenoxy) is 2. The van der Waals surface area contributed by atoms with Gasteiger partial charge in [-0.15, -0.1) is 11.3 Å². The summed E-state index contributed by atoms with van der Waals surface area (Å²) in [5.74, 6) is 0.692. The largest absolute Gasteiger partial charge is 0.399 e. The van der Waals surface area contributed by atoms with Crippen LogP contribution in [0.15, 0.2) is 72.8 Å². The summed E-state index contributed by atoms with van der Waals surface area (Å²) < 4.78 is 53.0. The van der Waals surface area contributed by atoms with E-state index in [0.29, 0.717) is 10.3 Å². The Bertz CT molecular complexity index is 3000. The van der Waals surface area contributed by atoms with Crippen molar-refractivity contribution in [3.8, 4) is 11.8 Å². The summed E-state index contributed by atoms with van der Waals surface area (Å²) in [6.45, 7) is 4.97. The number of alkyl halides is 2. The summed E-state index contributed by atoms with van der Waals surface area (Å²) in [4.78, 5) is 129. The molecule has 0 bridgehead atoms. The molecular weight excluding hydrogens is 982 g/mol. The van der Waals surface area contributed by atoms with Crippen LogP contribution in [0.3, 0.4) is 0 Å². The molecule has 8 rings (SSSR count). The fraction of sp³-hybridized carbons (Fsp3) is 0.388. The number of carbonyl (C=O) groups excluding carboxylic acids is 8. The zero-order chi connectivity index (χ0) is 51.9. The van der Waals surface area contributed by atoms with Crippen molar-refractivity contribution in [1.82, 2.24) is 30.7 Å². The minimum atomic E-state index is -5.87. The highest BCUT2D eigenvalue weighted by Gasteiger charge is 2.51. The van der Waals surface area contributed by atoms with Crippen LogP contribution >= 0.6 is 18.9 Å². The van der Waals surface area contributed by atoms with Crippen LogP contribution in [-0.2, 0) is 43.7 Å². The monoisotopic (exact) mass is 1030 g/mol. The zero-order valence-electron chi connectivity index (χ0n) is 39.0. The van der Waals surface area contributed by atoms with Gasteiger partial charge in [0.05, 0.1) is 41.8 Å². The summed E-state index contributed by atoms with van der Waals surface area (Å²) in [6, 6.07) is 14.5. The molecule has 5 atom stereocenters. The Kier molecular flexibility index (Phi) is 14.6. The maximum atomic E-state index is 14.8. The number of halogens is 2. The molecular formula is C49H49F2N6O13PS. The van der Waals surface area contributed by atoms with Gasteiger partial charge in [-0.05, 0) is 59.2 Å². The van der Waals surface area contributed by atoms with Crippen molar-refractivity contribution in [1.29, 1.82) is 0 Å². The van der Waals surface area contributed by atoms with Gasteiger partial charge in [0.1, 0.15) is 30.8 Å². The Labute approximate surface area is 414 Å². The first-order chi connectivity index (χ1) is 34.0. The van der Waals surface area contributed by atoms with Crippen molar-refractivity contribution in [2.75, 3.05) is 39.4 Å². The number of nitrogens with zero attached hydrogens (tertiary/aromatic N) is 3. The minimum absolute atomic E-state index is 0.00571. The van der Waals surface area contributed by atoms with Crippen LogP contribution in [0.1, 0.15) is 93.2 Å². The SMILES string of the molecule is CC(C)(C)[C@H](NC(=O)c1cc2cc(C(F)(F)P(=O)(O)O)ccc2s1)C(=O)N1C[C@@H](OCC(=O)NCC#Cc2ccc3c(c2)C(=O)N(C2CCC(=O)NC2=O)C3=O)C[C@H]1C(=O)N1CCO[C@H](c2ccccc2)C1. The van der Waals surface area contributed by atoms with Crippen molar-refractivity contribution < 1.29 is 71.0 Å². The van der Waals surface area contributed by atoms with Gasteiger partial charge in [0.15, 0.2) is 0 Å². The molecule has 3 saturated heterocycles. The Morgan fingerprint density at radius 3 is 2.42 bits per heavy atom. The predicted molar refractivity (Wildman–Crippen MR) is 253 cm³/mol. The number of fused-ring (bicyclic) bond motifs is 2. The van der Waals surface area contributed by atoms with E-state index in [2.05, 4.69) is 27.8 Å². The third-order valence-electron chi connectivity index (χ3n) is 12.7. The topological polar surface area (TPSA) is 258 Å². The summed E-state index contributed by atoms with van der Waals surface area (Å²) in [6.07, 6.45) is -1.29. The molecule has 5 heterocycles. The molecule has 0 saturated carbocycles. The maximum Gasteiger partial charge on any atom is 0.399 e. The number of amides is 8. The average Bonchev–Trinajstić information content (AvgIpc) is 4.04. The van der Waals surface area contributed by atoms with E-state index in [4.69, 9.17) is 9.47 Å². The first-order valence-electron chi connectivity index (χ1n) is 22.8. The van der Waals surface area contributed by atoms with E-state index in [9.17, 15) is 61.5 Å². The van der Waals surface area contributed by atoms with Gasteiger partial charge in [0, 0.05) is 41.8 Å². The van der Waals surface area contributed by atoms with Gasteiger partial charge in [0.2, 0.25) is 29.5 Å². The van der Waals surface area contributed by atoms with E-state index in [1.807, 2.05) is 30.3 Å². The number of piperidine rings is 1. The lowest BCUT2D eigenvalue weighted by Crippen LogP contribution is -2.58. The van der Waals surface area contributed by atoms with Gasteiger partial charge < -0.3 is 39.7 Å². The molecule has 72 heavy (non-hydrogen) atoms. The van der Waals surface area contributed by atoms with Gasteiger partial charge in [0.25, 0.3) is 17.7 Å². The Hall–Kier alpha value is -6.73. The van der Waals surface area contributed by atoms with Crippen molar-refractivity contribution in [2.24, 2.45) is 5.41 Å². The van der Waals surface area contributed by atoms with Gasteiger partial charge >= 0.3 is 13.3 Å². The fourth-order valence-electron chi connectivity index (χ4n) is 8.94. The molecule has 1 unspecified atom stereocenters. The molecule has 0 radical (unpaired) electrons. The average molecular weight is 1030 g/mol. The number of carbonyl (C=O) groups is 8. The number of thiophene rings is 1. The molecule has 378 valence electrons. The molecule has 19 nitrogen and oxygen atoms in total. The highest BCUT2D eigenvalue weighted by Crippen LogP contribution is 2.59. The Morgan fingerprint density at radius 2 is 1.71 bits per heavy atom. The molecule has 8 amide bonds. The number of hydrogen-bond acceptors (Lipinski definition) is 12. The fourth-order valence-corrected chi connectivity index (χ4v) is 10.4. The molecule has 4 aliphatic rings. The van der Waals surface area contributed by atoms with Crippen LogP contribution in [-0.4, -0.2) is 135 Å². The number of benzene rings is 3. The van der Waals surface area contributed by atoms with Crippen molar-refractivity contribution in [2.45, 2.75) is 76.0 Å². The molecule has 4 aliphatic heterocycles. The first-order valence-corrected chi connectivity index (χ1v) is 25.2. The van der Waals surface area contributed by atoms with Crippen LogP contribution in [0.5, 0.6) is 0 Å². The minimum Gasteiger partial charge on any atom is -0.370 e. The third-order valence-corrected chi connectivity index (χ3v) is 14.8. The third kappa shape index (κ3) is 10.7. The molecule has 4 aromatic rings. The predicted octanol–water partition coefficient (Wildman–Crippen LogP) is 3.43. The van der Waals surface area contributed by atoms with Gasteiger partial charge in [-0.1, -0.05) is 69.0 Å². The highest BCUT2D eigenvalue weighted by atomic mass is 32.1. The number of morpholine rings is 1. The van der Waals surface area contributed by atoms with E-state index in [-0.39, 0.29) is 73.4 Å². The van der Waals surface area contributed by atoms with Crippen LogP contribution < -0.4 is 16.0 Å². The number of nitrogens with one attached hydrogen (secondary N) is 3. The second-order valence-electron chi connectivity index (χ2n) is 18.7. The van der Waals surface area contributed by atoms with Crippen LogP contribution in [0, 0.1) is 17.3 Å². The molecule has 5 N–H and O–H groups in total. The number of rotatable bonds is 12. The normalized spacial score (nSPS) is 21.0. The van der Waals surface area contributed by atoms with Crippen LogP contribution in [0.25, 0.3) is 10.1 Å². The van der Waals surface area contributed by atoms with Gasteiger partial charge in [-0.3, -0.25) is 53.1 Å². The van der Waals surface area contributed by atoms with Gasteiger partial charge in [-0.2, -0.15) is 8.78 Å². The van der Waals surface area contributed by atoms with Crippen molar-refractivity contribution >= 4 is 76.3 Å². The Morgan fingerprint density at radius 1 is 0.972 bits per heavy atom. The van der Waals surface area contributed by atoms with E-state index in [0.717, 1.165) is 33.9 Å². The molecule has 3 fully saturated rings. The zero-order valence-corrected chi connectivity index (χ0v) is 40.7. The lowest BCUT2D eigenvalue weighted by Gasteiger charge is -2.38. The lowest BCUT2D eigenvalue weighted by molar-refractivity contribution is -0.150. The molecule has 0 spiro atoms. The summed E-state index contributed by atoms with van der Waals surface area (Å²) in [7, 11) is -5.87. The second kappa shape index (κ2) is 20.4. The summed E-state index contributed by atoms with van der Waals surface area (Å²) in [5.41, 5.74) is -5.04. The van der Waals surface area contributed by atoms with Crippen molar-refractivity contribution in [3.63, 3.8) is 0 Å². The van der Waals surface area contributed by atoms with E-state index in [1.54, 1.807) is 25.7 Å². The summed E-state index contributed by atoms with van der Waals surface area (Å²) >= 11 is 0.917. The van der Waals surface area contributed by atoms with Crippen LogP contribution in [0.4, 0.5) is 8.78 Å².